The van der Waals surface area contributed by atoms with Gasteiger partial charge < -0.3 is 10.2 Å². The highest BCUT2D eigenvalue weighted by Crippen LogP contribution is 2.30. The van der Waals surface area contributed by atoms with Gasteiger partial charge in [0.1, 0.15) is 10.9 Å². The van der Waals surface area contributed by atoms with Gasteiger partial charge in [-0.15, -0.1) is 0 Å². The van der Waals surface area contributed by atoms with Gasteiger partial charge in [0.25, 0.3) is 15.9 Å². The first-order valence-electron chi connectivity index (χ1n) is 10.6. The van der Waals surface area contributed by atoms with Crippen LogP contribution in [0, 0.1) is 0 Å². The molecule has 0 saturated carbocycles. The van der Waals surface area contributed by atoms with E-state index in [9.17, 15) is 22.8 Å². The Morgan fingerprint density at radius 2 is 1.79 bits per heavy atom. The van der Waals surface area contributed by atoms with Crippen molar-refractivity contribution in [1.82, 2.24) is 14.5 Å². The highest BCUT2D eigenvalue weighted by molar-refractivity contribution is 7.90. The molecule has 176 valence electrons. The minimum Gasteiger partial charge on any atom is -0.354 e. The maximum atomic E-state index is 13.2. The van der Waals surface area contributed by atoms with Crippen molar-refractivity contribution in [3.8, 4) is 0 Å². The van der Waals surface area contributed by atoms with E-state index in [-0.39, 0.29) is 35.9 Å². The molecule has 0 spiro atoms. The third kappa shape index (κ3) is 5.20. The summed E-state index contributed by atoms with van der Waals surface area (Å²) < 4.78 is 26.3. The summed E-state index contributed by atoms with van der Waals surface area (Å²) >= 11 is 6.26. The Kier molecular flexibility index (Phi) is 7.76. The molecule has 3 rings (SSSR count). The number of nitrogens with zero attached hydrogens (tertiary/aromatic N) is 2. The molecule has 3 amide bonds. The summed E-state index contributed by atoms with van der Waals surface area (Å²) in [5.74, 6) is -1.45. The van der Waals surface area contributed by atoms with Crippen molar-refractivity contribution in [2.75, 3.05) is 13.1 Å². The van der Waals surface area contributed by atoms with Gasteiger partial charge in [0.15, 0.2) is 0 Å². The zero-order chi connectivity index (χ0) is 24.2. The number of carbonyl (C=O) groups excluding carboxylic acids is 3. The summed E-state index contributed by atoms with van der Waals surface area (Å²) in [4.78, 5) is 39.7. The van der Waals surface area contributed by atoms with Crippen LogP contribution in [0.15, 0.2) is 53.4 Å². The van der Waals surface area contributed by atoms with Crippen LogP contribution < -0.4 is 5.32 Å². The Labute approximate surface area is 198 Å². The van der Waals surface area contributed by atoms with Crippen LogP contribution in [0.3, 0.4) is 0 Å². The number of amides is 3. The second-order valence-corrected chi connectivity index (χ2v) is 9.95. The fourth-order valence-electron chi connectivity index (χ4n) is 3.58. The Morgan fingerprint density at radius 1 is 1.12 bits per heavy atom. The van der Waals surface area contributed by atoms with Crippen molar-refractivity contribution in [1.29, 1.82) is 0 Å². The molecule has 2 aromatic rings. The van der Waals surface area contributed by atoms with Crippen molar-refractivity contribution in [3.63, 3.8) is 0 Å². The van der Waals surface area contributed by atoms with E-state index in [0.717, 1.165) is 6.42 Å². The van der Waals surface area contributed by atoms with Crippen LogP contribution in [0.4, 0.5) is 0 Å². The number of fused-ring (bicyclic) bond motifs is 1. The van der Waals surface area contributed by atoms with Gasteiger partial charge in [-0.3, -0.25) is 14.4 Å². The van der Waals surface area contributed by atoms with Crippen LogP contribution in [-0.4, -0.2) is 54.5 Å². The fraction of sp³-hybridized carbons (Fsp3) is 0.348. The maximum absolute atomic E-state index is 13.2. The van der Waals surface area contributed by atoms with Gasteiger partial charge >= 0.3 is 0 Å². The molecule has 1 aliphatic heterocycles. The lowest BCUT2D eigenvalue weighted by Gasteiger charge is -2.29. The average molecular weight is 492 g/mol. The number of hydrogen-bond acceptors (Lipinski definition) is 5. The summed E-state index contributed by atoms with van der Waals surface area (Å²) in [6.45, 7) is 3.74. The molecule has 0 radical (unpaired) electrons. The van der Waals surface area contributed by atoms with E-state index in [0.29, 0.717) is 21.4 Å². The first kappa shape index (κ1) is 24.7. The molecular formula is C23H26ClN3O5S. The smallest absolute Gasteiger partial charge is 0.269 e. The first-order valence-corrected chi connectivity index (χ1v) is 12.5. The van der Waals surface area contributed by atoms with Gasteiger partial charge in [-0.2, -0.15) is 0 Å². The molecule has 0 saturated heterocycles. The van der Waals surface area contributed by atoms with E-state index in [1.54, 1.807) is 43.3 Å². The van der Waals surface area contributed by atoms with E-state index >= 15 is 0 Å². The van der Waals surface area contributed by atoms with Gasteiger partial charge in [-0.1, -0.05) is 48.9 Å². The van der Waals surface area contributed by atoms with Crippen LogP contribution in [-0.2, 0) is 26.2 Å². The Balaban J connectivity index is 1.79. The van der Waals surface area contributed by atoms with Crippen molar-refractivity contribution < 1.29 is 22.8 Å². The first-order chi connectivity index (χ1) is 15.7. The molecule has 10 heteroatoms. The molecule has 1 heterocycles. The molecule has 0 fully saturated rings. The summed E-state index contributed by atoms with van der Waals surface area (Å²) in [5, 5.41) is 3.22. The summed E-state index contributed by atoms with van der Waals surface area (Å²) in [6.07, 6.45) is 0.473. The number of halogens is 1. The van der Waals surface area contributed by atoms with Crippen molar-refractivity contribution in [2.24, 2.45) is 0 Å². The topological polar surface area (TPSA) is 104 Å². The maximum Gasteiger partial charge on any atom is 0.269 e. The number of carbonyl (C=O) groups is 3. The fourth-order valence-corrected chi connectivity index (χ4v) is 5.35. The molecule has 1 aliphatic rings. The largest absolute Gasteiger partial charge is 0.354 e. The van der Waals surface area contributed by atoms with Crippen LogP contribution in [0.25, 0.3) is 0 Å². The zero-order valence-corrected chi connectivity index (χ0v) is 20.0. The van der Waals surface area contributed by atoms with Crippen molar-refractivity contribution in [3.05, 3.63) is 64.7 Å². The lowest BCUT2D eigenvalue weighted by molar-refractivity contribution is -0.140. The SMILES string of the molecule is CCCNC(=O)[C@H](C)N(Cc1ccccc1Cl)C(=O)CCN1C(=O)c2ccccc2S1(=O)=O. The Bertz CT molecular complexity index is 1170. The molecule has 0 aromatic heterocycles. The van der Waals surface area contributed by atoms with E-state index < -0.39 is 27.9 Å². The summed E-state index contributed by atoms with van der Waals surface area (Å²) in [5.41, 5.74) is 0.741. The minimum atomic E-state index is -4.02. The Hall–Kier alpha value is -2.91. The van der Waals surface area contributed by atoms with Gasteiger partial charge in [0, 0.05) is 31.1 Å². The van der Waals surface area contributed by atoms with Crippen LogP contribution in [0.1, 0.15) is 42.6 Å². The normalized spacial score (nSPS) is 15.1. The quantitative estimate of drug-likeness (QED) is 0.581. The van der Waals surface area contributed by atoms with Gasteiger partial charge in [0.05, 0.1) is 5.56 Å². The molecule has 0 aliphatic carbocycles. The standard InChI is InChI=1S/C23H26ClN3O5S/c1-3-13-25-22(29)16(2)26(15-17-8-4-6-10-19(17)24)21(28)12-14-27-23(30)18-9-5-7-11-20(18)33(27,31)32/h4-11,16H,3,12-15H2,1-2H3,(H,25,29)/t16-/m0/s1. The average Bonchev–Trinajstić information content (AvgIpc) is 3.00. The third-order valence-corrected chi connectivity index (χ3v) is 7.67. The van der Waals surface area contributed by atoms with Crippen molar-refractivity contribution >= 4 is 39.3 Å². The van der Waals surface area contributed by atoms with Gasteiger partial charge in [-0.05, 0) is 37.1 Å². The number of rotatable bonds is 9. The molecule has 2 aromatic carbocycles. The highest BCUT2D eigenvalue weighted by Gasteiger charge is 2.41. The van der Waals surface area contributed by atoms with E-state index in [1.165, 1.54) is 17.0 Å². The van der Waals surface area contributed by atoms with E-state index in [4.69, 9.17) is 11.6 Å². The molecule has 0 bridgehead atoms. The molecule has 33 heavy (non-hydrogen) atoms. The predicted molar refractivity (Wildman–Crippen MR) is 124 cm³/mol. The number of benzene rings is 2. The van der Waals surface area contributed by atoms with Crippen LogP contribution in [0.5, 0.6) is 0 Å². The number of sulfonamides is 1. The zero-order valence-electron chi connectivity index (χ0n) is 18.5. The number of hydrogen-bond donors (Lipinski definition) is 1. The lowest BCUT2D eigenvalue weighted by atomic mass is 10.1. The van der Waals surface area contributed by atoms with Crippen LogP contribution >= 0.6 is 11.6 Å². The molecule has 1 N–H and O–H groups in total. The molecular weight excluding hydrogens is 466 g/mol. The van der Waals surface area contributed by atoms with E-state index in [1.807, 2.05) is 6.92 Å². The monoisotopic (exact) mass is 491 g/mol. The van der Waals surface area contributed by atoms with E-state index in [2.05, 4.69) is 5.32 Å². The lowest BCUT2D eigenvalue weighted by Crippen LogP contribution is -2.48. The molecule has 0 unspecified atom stereocenters. The second-order valence-electron chi connectivity index (χ2n) is 7.71. The van der Waals surface area contributed by atoms with Crippen molar-refractivity contribution in [2.45, 2.75) is 44.2 Å². The Morgan fingerprint density at radius 3 is 2.45 bits per heavy atom. The predicted octanol–water partition coefficient (Wildman–Crippen LogP) is 2.82. The van der Waals surface area contributed by atoms with Gasteiger partial charge in [-0.25, -0.2) is 12.7 Å². The minimum absolute atomic E-state index is 0.0670. The second kappa shape index (κ2) is 10.4. The third-order valence-electron chi connectivity index (χ3n) is 5.46. The number of nitrogens with one attached hydrogen (secondary N) is 1. The molecule has 1 atom stereocenters. The molecule has 8 nitrogen and oxygen atoms in total. The summed E-state index contributed by atoms with van der Waals surface area (Å²) in [6, 6.07) is 12.1. The van der Waals surface area contributed by atoms with Gasteiger partial charge in [0.2, 0.25) is 11.8 Å². The summed E-state index contributed by atoms with van der Waals surface area (Å²) in [7, 11) is -4.02. The van der Waals surface area contributed by atoms with Crippen LogP contribution in [0.2, 0.25) is 5.02 Å². The highest BCUT2D eigenvalue weighted by atomic mass is 35.5.